The lowest BCUT2D eigenvalue weighted by atomic mass is 10.1. The van der Waals surface area contributed by atoms with E-state index < -0.39 is 0 Å². The van der Waals surface area contributed by atoms with Crippen molar-refractivity contribution in [3.8, 4) is 17.6 Å². The normalized spacial score (nSPS) is 9.27. The van der Waals surface area contributed by atoms with Crippen LogP contribution in [0.5, 0.6) is 5.75 Å². The van der Waals surface area contributed by atoms with Crippen LogP contribution in [0.15, 0.2) is 18.2 Å². The Morgan fingerprint density at radius 2 is 2.13 bits per heavy atom. The molecule has 3 nitrogen and oxygen atoms in total. The first-order chi connectivity index (χ1) is 7.31. The van der Waals surface area contributed by atoms with Crippen molar-refractivity contribution in [2.45, 2.75) is 6.61 Å². The van der Waals surface area contributed by atoms with Gasteiger partial charge in [-0.1, -0.05) is 17.9 Å². The third kappa shape index (κ3) is 3.28. The second-order valence-electron chi connectivity index (χ2n) is 2.93. The van der Waals surface area contributed by atoms with Gasteiger partial charge >= 0.3 is 0 Å². The second-order valence-corrected chi connectivity index (χ2v) is 2.93. The summed E-state index contributed by atoms with van der Waals surface area (Å²) in [6.45, 7) is 0.384. The standard InChI is InChI=1S/C12H14O3/c1-14-9-10-5-6-12(15-2)11(8-10)4-3-7-13/h5-6,8,13H,7,9H2,1-2H3. The molecule has 1 aromatic carbocycles. The van der Waals surface area contributed by atoms with Crippen LogP contribution < -0.4 is 4.74 Å². The summed E-state index contributed by atoms with van der Waals surface area (Å²) in [7, 11) is 3.23. The van der Waals surface area contributed by atoms with Crippen LogP contribution in [0.2, 0.25) is 0 Å². The topological polar surface area (TPSA) is 38.7 Å². The number of aliphatic hydroxyl groups excluding tert-OH is 1. The zero-order valence-corrected chi connectivity index (χ0v) is 8.91. The molecular weight excluding hydrogens is 192 g/mol. The maximum atomic E-state index is 8.62. The van der Waals surface area contributed by atoms with Crippen LogP contribution in [0.3, 0.4) is 0 Å². The number of aliphatic hydroxyl groups is 1. The molecule has 0 fully saturated rings. The molecule has 0 aliphatic carbocycles. The van der Waals surface area contributed by atoms with E-state index in [-0.39, 0.29) is 6.61 Å². The fourth-order valence-electron chi connectivity index (χ4n) is 1.24. The first kappa shape index (κ1) is 11.6. The van der Waals surface area contributed by atoms with E-state index in [0.717, 1.165) is 11.1 Å². The molecular formula is C12H14O3. The smallest absolute Gasteiger partial charge is 0.134 e. The van der Waals surface area contributed by atoms with Crippen molar-refractivity contribution in [1.29, 1.82) is 0 Å². The van der Waals surface area contributed by atoms with E-state index in [1.54, 1.807) is 14.2 Å². The molecule has 0 aromatic heterocycles. The highest BCUT2D eigenvalue weighted by molar-refractivity contribution is 5.48. The molecule has 0 aliphatic heterocycles. The van der Waals surface area contributed by atoms with Crippen molar-refractivity contribution in [2.75, 3.05) is 20.8 Å². The summed E-state index contributed by atoms with van der Waals surface area (Å²) in [6, 6.07) is 5.66. The third-order valence-electron chi connectivity index (χ3n) is 1.88. The zero-order valence-electron chi connectivity index (χ0n) is 8.91. The predicted molar refractivity (Wildman–Crippen MR) is 57.7 cm³/mol. The lowest BCUT2D eigenvalue weighted by Crippen LogP contribution is -1.92. The highest BCUT2D eigenvalue weighted by Crippen LogP contribution is 2.19. The lowest BCUT2D eigenvalue weighted by Gasteiger charge is -2.05. The number of ether oxygens (including phenoxy) is 2. The third-order valence-corrected chi connectivity index (χ3v) is 1.88. The minimum Gasteiger partial charge on any atom is -0.495 e. The quantitative estimate of drug-likeness (QED) is 0.755. The zero-order chi connectivity index (χ0) is 11.1. The summed E-state index contributed by atoms with van der Waals surface area (Å²) in [5.74, 6) is 6.13. The van der Waals surface area contributed by atoms with Gasteiger partial charge < -0.3 is 14.6 Å². The molecule has 1 rings (SSSR count). The van der Waals surface area contributed by atoms with Crippen molar-refractivity contribution in [1.82, 2.24) is 0 Å². The minimum absolute atomic E-state index is 0.155. The summed E-state index contributed by atoms with van der Waals surface area (Å²) in [5.41, 5.74) is 1.79. The Kier molecular flexibility index (Phi) is 4.69. The molecule has 0 unspecified atom stereocenters. The molecule has 3 heteroatoms. The van der Waals surface area contributed by atoms with Crippen LogP contribution in [0, 0.1) is 11.8 Å². The summed E-state index contributed by atoms with van der Waals surface area (Å²) >= 11 is 0. The Morgan fingerprint density at radius 1 is 1.33 bits per heavy atom. The molecule has 0 atom stereocenters. The molecule has 15 heavy (non-hydrogen) atoms. The number of benzene rings is 1. The first-order valence-corrected chi connectivity index (χ1v) is 4.57. The molecule has 1 aromatic rings. The van der Waals surface area contributed by atoms with Gasteiger partial charge in [-0.15, -0.1) is 0 Å². The van der Waals surface area contributed by atoms with E-state index in [4.69, 9.17) is 14.6 Å². The molecule has 0 radical (unpaired) electrons. The van der Waals surface area contributed by atoms with Gasteiger partial charge in [-0.05, 0) is 17.7 Å². The van der Waals surface area contributed by atoms with Crippen molar-refractivity contribution < 1.29 is 14.6 Å². The largest absolute Gasteiger partial charge is 0.495 e. The van der Waals surface area contributed by atoms with Crippen LogP contribution >= 0.6 is 0 Å². The number of hydrogen-bond donors (Lipinski definition) is 1. The molecule has 80 valence electrons. The Labute approximate surface area is 89.6 Å². The number of rotatable bonds is 3. The summed E-state index contributed by atoms with van der Waals surface area (Å²) in [5, 5.41) is 8.62. The molecule has 0 aliphatic rings. The number of hydrogen-bond acceptors (Lipinski definition) is 3. The second kappa shape index (κ2) is 6.07. The van der Waals surface area contributed by atoms with Crippen LogP contribution in [-0.4, -0.2) is 25.9 Å². The lowest BCUT2D eigenvalue weighted by molar-refractivity contribution is 0.185. The van der Waals surface area contributed by atoms with Gasteiger partial charge in [0.1, 0.15) is 12.4 Å². The van der Waals surface area contributed by atoms with E-state index in [1.165, 1.54) is 0 Å². The van der Waals surface area contributed by atoms with E-state index >= 15 is 0 Å². The van der Waals surface area contributed by atoms with Crippen LogP contribution in [0.25, 0.3) is 0 Å². The maximum absolute atomic E-state index is 8.62. The van der Waals surface area contributed by atoms with Crippen LogP contribution in [0.1, 0.15) is 11.1 Å². The number of methoxy groups -OCH3 is 2. The van der Waals surface area contributed by atoms with Gasteiger partial charge in [-0.2, -0.15) is 0 Å². The van der Waals surface area contributed by atoms with Gasteiger partial charge in [-0.25, -0.2) is 0 Å². The molecule has 1 N–H and O–H groups in total. The Balaban J connectivity index is 3.01. The Morgan fingerprint density at radius 3 is 2.73 bits per heavy atom. The molecule has 0 amide bonds. The van der Waals surface area contributed by atoms with E-state index in [9.17, 15) is 0 Å². The molecule has 0 heterocycles. The van der Waals surface area contributed by atoms with Crippen molar-refractivity contribution in [3.05, 3.63) is 29.3 Å². The van der Waals surface area contributed by atoms with Gasteiger partial charge in [0.05, 0.1) is 19.3 Å². The minimum atomic E-state index is -0.155. The van der Waals surface area contributed by atoms with Gasteiger partial charge in [0, 0.05) is 7.11 Å². The molecule has 0 spiro atoms. The van der Waals surface area contributed by atoms with Crippen molar-refractivity contribution in [2.24, 2.45) is 0 Å². The molecule has 0 saturated heterocycles. The molecule has 0 saturated carbocycles. The van der Waals surface area contributed by atoms with E-state index in [2.05, 4.69) is 11.8 Å². The van der Waals surface area contributed by atoms with Gasteiger partial charge in [0.2, 0.25) is 0 Å². The van der Waals surface area contributed by atoms with Gasteiger partial charge in [-0.3, -0.25) is 0 Å². The van der Waals surface area contributed by atoms with Crippen molar-refractivity contribution in [3.63, 3.8) is 0 Å². The fourth-order valence-corrected chi connectivity index (χ4v) is 1.24. The Hall–Kier alpha value is -1.50. The predicted octanol–water partition coefficient (Wildman–Crippen LogP) is 1.19. The fraction of sp³-hybridized carbons (Fsp3) is 0.333. The van der Waals surface area contributed by atoms with E-state index in [0.29, 0.717) is 12.4 Å². The monoisotopic (exact) mass is 206 g/mol. The highest BCUT2D eigenvalue weighted by atomic mass is 16.5. The van der Waals surface area contributed by atoms with Gasteiger partial charge in [0.15, 0.2) is 0 Å². The van der Waals surface area contributed by atoms with E-state index in [1.807, 2.05) is 18.2 Å². The molecule has 0 bridgehead atoms. The average molecular weight is 206 g/mol. The SMILES string of the molecule is COCc1ccc(OC)c(C#CCO)c1. The summed E-state index contributed by atoms with van der Waals surface area (Å²) < 4.78 is 10.2. The summed E-state index contributed by atoms with van der Waals surface area (Å²) in [6.07, 6.45) is 0. The summed E-state index contributed by atoms with van der Waals surface area (Å²) in [4.78, 5) is 0. The highest BCUT2D eigenvalue weighted by Gasteiger charge is 2.01. The Bertz CT molecular complexity index is 374. The van der Waals surface area contributed by atoms with Gasteiger partial charge in [0.25, 0.3) is 0 Å². The van der Waals surface area contributed by atoms with Crippen LogP contribution in [0.4, 0.5) is 0 Å². The van der Waals surface area contributed by atoms with Crippen molar-refractivity contribution >= 4 is 0 Å². The average Bonchev–Trinajstić information content (AvgIpc) is 2.27. The first-order valence-electron chi connectivity index (χ1n) is 4.57. The van der Waals surface area contributed by atoms with Crippen LogP contribution in [-0.2, 0) is 11.3 Å². The maximum Gasteiger partial charge on any atom is 0.134 e.